The number of ether oxygens (including phenoxy) is 1. The van der Waals surface area contributed by atoms with E-state index in [4.69, 9.17) is 14.7 Å². The summed E-state index contributed by atoms with van der Waals surface area (Å²) < 4.78 is 5.54. The van der Waals surface area contributed by atoms with E-state index in [2.05, 4.69) is 59.1 Å². The van der Waals surface area contributed by atoms with Gasteiger partial charge < -0.3 is 9.64 Å². The molecular formula is C22H25N5O. The first kappa shape index (κ1) is 17.6. The number of nitrogens with zero attached hydrogens (tertiary/aromatic N) is 3. The van der Waals surface area contributed by atoms with E-state index < -0.39 is 0 Å². The molecule has 3 aromatic rings. The summed E-state index contributed by atoms with van der Waals surface area (Å²) in [7, 11) is 0. The molecule has 1 atom stereocenters. The first-order valence-corrected chi connectivity index (χ1v) is 9.97. The fraction of sp³-hybridized carbons (Fsp3) is 0.364. The number of hydrogen-bond acceptors (Lipinski definition) is 6. The Balaban J connectivity index is 1.73. The van der Waals surface area contributed by atoms with Crippen LogP contribution < -0.4 is 15.8 Å². The highest BCUT2D eigenvalue weighted by Crippen LogP contribution is 2.35. The Morgan fingerprint density at radius 2 is 2.04 bits per heavy atom. The Labute approximate surface area is 164 Å². The second-order valence-electron chi connectivity index (χ2n) is 7.50. The highest BCUT2D eigenvalue weighted by Gasteiger charge is 2.23. The monoisotopic (exact) mass is 375 g/mol. The number of morpholine rings is 1. The Morgan fingerprint density at radius 3 is 2.82 bits per heavy atom. The quantitative estimate of drug-likeness (QED) is 0.734. The van der Waals surface area contributed by atoms with E-state index >= 15 is 0 Å². The molecule has 0 bridgehead atoms. The average molecular weight is 375 g/mol. The molecule has 6 nitrogen and oxygen atoms in total. The maximum Gasteiger partial charge on any atom is 0.130 e. The summed E-state index contributed by atoms with van der Waals surface area (Å²) in [6.07, 6.45) is 2.92. The van der Waals surface area contributed by atoms with Crippen molar-refractivity contribution >= 4 is 16.7 Å². The van der Waals surface area contributed by atoms with Crippen LogP contribution in [-0.2, 0) is 4.74 Å². The Kier molecular flexibility index (Phi) is 4.68. The topological polar surface area (TPSA) is 62.3 Å². The number of fused-ring (bicyclic) bond motifs is 1. The first-order chi connectivity index (χ1) is 13.8. The number of aryl methyl sites for hydroxylation is 1. The van der Waals surface area contributed by atoms with Crippen LogP contribution in [0.5, 0.6) is 0 Å². The largest absolute Gasteiger partial charge is 0.378 e. The SMILES string of the molecule is Cc1cccc(-c2cc(N3CCOCC3)nc3c(C4CCNN4)nccc23)c1. The zero-order valence-electron chi connectivity index (χ0n) is 16.1. The number of benzene rings is 1. The second kappa shape index (κ2) is 7.47. The molecule has 2 aromatic heterocycles. The third-order valence-corrected chi connectivity index (χ3v) is 5.57. The predicted octanol–water partition coefficient (Wildman–Crippen LogP) is 2.98. The molecule has 6 heteroatoms. The first-order valence-electron chi connectivity index (χ1n) is 9.97. The van der Waals surface area contributed by atoms with E-state index in [0.717, 1.165) is 61.7 Å². The van der Waals surface area contributed by atoms with Crippen LogP contribution in [0.3, 0.4) is 0 Å². The maximum atomic E-state index is 5.54. The molecule has 1 unspecified atom stereocenters. The van der Waals surface area contributed by atoms with Crippen molar-refractivity contribution in [1.82, 2.24) is 20.8 Å². The number of pyridine rings is 2. The van der Waals surface area contributed by atoms with Crippen LogP contribution in [0, 0.1) is 6.92 Å². The molecular weight excluding hydrogens is 350 g/mol. The molecule has 144 valence electrons. The van der Waals surface area contributed by atoms with Crippen molar-refractivity contribution in [3.63, 3.8) is 0 Å². The second-order valence-corrected chi connectivity index (χ2v) is 7.50. The third kappa shape index (κ3) is 3.24. The number of anilines is 1. The number of nitrogens with one attached hydrogen (secondary N) is 2. The van der Waals surface area contributed by atoms with Gasteiger partial charge in [-0.05, 0) is 36.6 Å². The molecule has 4 heterocycles. The lowest BCUT2D eigenvalue weighted by atomic mass is 9.98. The smallest absolute Gasteiger partial charge is 0.130 e. The molecule has 2 fully saturated rings. The zero-order valence-corrected chi connectivity index (χ0v) is 16.1. The summed E-state index contributed by atoms with van der Waals surface area (Å²) in [5, 5.41) is 1.15. The Morgan fingerprint density at radius 1 is 1.14 bits per heavy atom. The zero-order chi connectivity index (χ0) is 18.9. The molecule has 0 amide bonds. The summed E-state index contributed by atoms with van der Waals surface area (Å²) in [6.45, 7) is 6.30. The van der Waals surface area contributed by atoms with Gasteiger partial charge in [-0.3, -0.25) is 10.4 Å². The predicted molar refractivity (Wildman–Crippen MR) is 111 cm³/mol. The summed E-state index contributed by atoms with van der Waals surface area (Å²) in [6, 6.07) is 13.2. The average Bonchev–Trinajstić information content (AvgIpc) is 3.28. The molecule has 5 rings (SSSR count). The van der Waals surface area contributed by atoms with Crippen molar-refractivity contribution in [1.29, 1.82) is 0 Å². The molecule has 2 aliphatic rings. The molecule has 28 heavy (non-hydrogen) atoms. The molecule has 0 aliphatic carbocycles. The van der Waals surface area contributed by atoms with Crippen LogP contribution in [-0.4, -0.2) is 42.8 Å². The van der Waals surface area contributed by atoms with Crippen LogP contribution in [0.15, 0.2) is 42.6 Å². The van der Waals surface area contributed by atoms with Gasteiger partial charge in [-0.2, -0.15) is 0 Å². The molecule has 0 saturated carbocycles. The fourth-order valence-corrected chi connectivity index (χ4v) is 4.11. The number of aromatic nitrogens is 2. The van der Waals surface area contributed by atoms with E-state index in [0.29, 0.717) is 0 Å². The van der Waals surface area contributed by atoms with Crippen molar-refractivity contribution in [3.8, 4) is 11.1 Å². The van der Waals surface area contributed by atoms with Gasteiger partial charge in [0.1, 0.15) is 5.82 Å². The summed E-state index contributed by atoms with van der Waals surface area (Å²) >= 11 is 0. The number of hydrazine groups is 1. The van der Waals surface area contributed by atoms with Gasteiger partial charge in [0.25, 0.3) is 0 Å². The van der Waals surface area contributed by atoms with E-state index in [1.807, 2.05) is 6.20 Å². The van der Waals surface area contributed by atoms with Crippen LogP contribution in [0.2, 0.25) is 0 Å². The normalized spacial score (nSPS) is 20.0. The minimum absolute atomic E-state index is 0.182. The lowest BCUT2D eigenvalue weighted by molar-refractivity contribution is 0.122. The molecule has 0 radical (unpaired) electrons. The van der Waals surface area contributed by atoms with E-state index in [-0.39, 0.29) is 6.04 Å². The van der Waals surface area contributed by atoms with Crippen molar-refractivity contribution in [3.05, 3.63) is 53.9 Å². The van der Waals surface area contributed by atoms with Crippen LogP contribution in [0.1, 0.15) is 23.7 Å². The van der Waals surface area contributed by atoms with Crippen LogP contribution in [0.25, 0.3) is 22.0 Å². The summed E-state index contributed by atoms with van der Waals surface area (Å²) in [4.78, 5) is 12.1. The Bertz CT molecular complexity index is 993. The highest BCUT2D eigenvalue weighted by atomic mass is 16.5. The summed E-state index contributed by atoms with van der Waals surface area (Å²) in [5.41, 5.74) is 12.3. The Hall–Kier alpha value is -2.54. The standard InChI is InChI=1S/C22H25N5O/c1-15-3-2-4-16(13-15)18-14-20(27-9-11-28-12-10-27)25-21-17(18)5-7-23-22(21)19-6-8-24-26-19/h2-5,7,13-14,19,24,26H,6,8-12H2,1H3. The van der Waals surface area contributed by atoms with Gasteiger partial charge in [0.2, 0.25) is 0 Å². The van der Waals surface area contributed by atoms with Gasteiger partial charge in [-0.25, -0.2) is 10.4 Å². The van der Waals surface area contributed by atoms with E-state index in [9.17, 15) is 0 Å². The maximum absolute atomic E-state index is 5.54. The van der Waals surface area contributed by atoms with Crippen molar-refractivity contribution in [2.45, 2.75) is 19.4 Å². The van der Waals surface area contributed by atoms with Crippen molar-refractivity contribution < 1.29 is 4.74 Å². The molecule has 0 spiro atoms. The lowest BCUT2D eigenvalue weighted by Crippen LogP contribution is -2.36. The highest BCUT2D eigenvalue weighted by molar-refractivity contribution is 5.97. The van der Waals surface area contributed by atoms with E-state index in [1.54, 1.807) is 0 Å². The lowest BCUT2D eigenvalue weighted by Gasteiger charge is -2.29. The molecule has 2 aliphatic heterocycles. The van der Waals surface area contributed by atoms with Gasteiger partial charge in [0, 0.05) is 31.2 Å². The number of hydrogen-bond donors (Lipinski definition) is 2. The minimum atomic E-state index is 0.182. The molecule has 1 aromatic carbocycles. The van der Waals surface area contributed by atoms with Crippen LogP contribution >= 0.6 is 0 Å². The fourth-order valence-electron chi connectivity index (χ4n) is 4.11. The number of rotatable bonds is 3. The minimum Gasteiger partial charge on any atom is -0.378 e. The van der Waals surface area contributed by atoms with Gasteiger partial charge in [0.05, 0.1) is 30.5 Å². The van der Waals surface area contributed by atoms with Gasteiger partial charge in [-0.1, -0.05) is 29.8 Å². The van der Waals surface area contributed by atoms with Gasteiger partial charge in [-0.15, -0.1) is 0 Å². The van der Waals surface area contributed by atoms with E-state index in [1.165, 1.54) is 16.7 Å². The molecule has 2 N–H and O–H groups in total. The third-order valence-electron chi connectivity index (χ3n) is 5.57. The summed E-state index contributed by atoms with van der Waals surface area (Å²) in [5.74, 6) is 1.01. The van der Waals surface area contributed by atoms with Gasteiger partial charge in [0.15, 0.2) is 0 Å². The van der Waals surface area contributed by atoms with Crippen molar-refractivity contribution in [2.75, 3.05) is 37.7 Å². The van der Waals surface area contributed by atoms with Crippen molar-refractivity contribution in [2.24, 2.45) is 0 Å². The molecule has 2 saturated heterocycles. The van der Waals surface area contributed by atoms with Gasteiger partial charge >= 0.3 is 0 Å². The van der Waals surface area contributed by atoms with Crippen LogP contribution in [0.4, 0.5) is 5.82 Å².